The number of hydrogen-bond acceptors (Lipinski definition) is 5. The van der Waals surface area contributed by atoms with Gasteiger partial charge in [-0.15, -0.1) is 0 Å². The lowest BCUT2D eigenvalue weighted by Crippen LogP contribution is -2.16. The maximum absolute atomic E-state index is 12.7. The standard InChI is InChI=1S/C20H22N4O3S2/c1-4-29(26,27)23-18-9-8-16(12-14(18)2)22-19(25)15-6-5-7-17(13-15)24-11-10-21-20(24)28-3/h5-13,23H,4H2,1-3H3,(H,22,25). The summed E-state index contributed by atoms with van der Waals surface area (Å²) in [5.74, 6) is -0.255. The third-order valence-corrected chi connectivity index (χ3v) is 6.26. The number of carbonyl (C=O) groups excluding carboxylic acids is 1. The molecule has 0 unspecified atom stereocenters. The molecule has 0 fully saturated rings. The summed E-state index contributed by atoms with van der Waals surface area (Å²) >= 11 is 1.52. The summed E-state index contributed by atoms with van der Waals surface area (Å²) in [4.78, 5) is 17.0. The highest BCUT2D eigenvalue weighted by molar-refractivity contribution is 7.98. The van der Waals surface area contributed by atoms with Crippen molar-refractivity contribution in [2.45, 2.75) is 19.0 Å². The van der Waals surface area contributed by atoms with E-state index < -0.39 is 10.0 Å². The van der Waals surface area contributed by atoms with Crippen LogP contribution in [-0.4, -0.2) is 35.9 Å². The maximum Gasteiger partial charge on any atom is 0.255 e. The van der Waals surface area contributed by atoms with E-state index in [1.165, 1.54) is 11.8 Å². The zero-order chi connectivity index (χ0) is 21.0. The molecule has 2 N–H and O–H groups in total. The number of anilines is 2. The van der Waals surface area contributed by atoms with Crippen molar-refractivity contribution in [2.75, 3.05) is 22.0 Å². The van der Waals surface area contributed by atoms with Gasteiger partial charge in [-0.1, -0.05) is 17.8 Å². The molecule has 1 amide bonds. The third kappa shape index (κ3) is 4.99. The topological polar surface area (TPSA) is 93.1 Å². The van der Waals surface area contributed by atoms with Crippen molar-refractivity contribution in [1.82, 2.24) is 9.55 Å². The van der Waals surface area contributed by atoms with Crippen LogP contribution in [0.25, 0.3) is 5.69 Å². The molecule has 0 radical (unpaired) electrons. The summed E-state index contributed by atoms with van der Waals surface area (Å²) in [6.45, 7) is 3.36. The van der Waals surface area contributed by atoms with E-state index in [2.05, 4.69) is 15.0 Å². The van der Waals surface area contributed by atoms with Crippen molar-refractivity contribution < 1.29 is 13.2 Å². The minimum Gasteiger partial charge on any atom is -0.322 e. The first-order chi connectivity index (χ1) is 13.8. The maximum atomic E-state index is 12.7. The Morgan fingerprint density at radius 2 is 2.00 bits per heavy atom. The van der Waals surface area contributed by atoms with Gasteiger partial charge in [0, 0.05) is 29.3 Å². The zero-order valence-corrected chi connectivity index (χ0v) is 18.0. The van der Waals surface area contributed by atoms with Crippen molar-refractivity contribution >= 4 is 39.1 Å². The predicted molar refractivity (Wildman–Crippen MR) is 118 cm³/mol. The number of aryl methyl sites for hydroxylation is 1. The monoisotopic (exact) mass is 430 g/mol. The largest absolute Gasteiger partial charge is 0.322 e. The van der Waals surface area contributed by atoms with Gasteiger partial charge in [-0.05, 0) is 62.1 Å². The van der Waals surface area contributed by atoms with Gasteiger partial charge in [0.2, 0.25) is 10.0 Å². The van der Waals surface area contributed by atoms with Gasteiger partial charge < -0.3 is 5.32 Å². The molecule has 1 aromatic heterocycles. The summed E-state index contributed by atoms with van der Waals surface area (Å²) in [5, 5.41) is 3.69. The molecule has 2 aromatic carbocycles. The SMILES string of the molecule is CCS(=O)(=O)Nc1ccc(NC(=O)c2cccc(-n3ccnc3SC)c2)cc1C. The van der Waals surface area contributed by atoms with Crippen LogP contribution in [0.4, 0.5) is 11.4 Å². The van der Waals surface area contributed by atoms with Gasteiger partial charge >= 0.3 is 0 Å². The van der Waals surface area contributed by atoms with E-state index in [0.29, 0.717) is 16.9 Å². The zero-order valence-electron chi connectivity index (χ0n) is 16.3. The number of nitrogens with zero attached hydrogens (tertiary/aromatic N) is 2. The van der Waals surface area contributed by atoms with Crippen molar-refractivity contribution in [3.63, 3.8) is 0 Å². The van der Waals surface area contributed by atoms with Crippen LogP contribution in [0.2, 0.25) is 0 Å². The molecule has 3 aromatic rings. The van der Waals surface area contributed by atoms with E-state index in [1.807, 2.05) is 29.2 Å². The molecule has 1 heterocycles. The molecule has 7 nitrogen and oxygen atoms in total. The fourth-order valence-corrected chi connectivity index (χ4v) is 3.97. The van der Waals surface area contributed by atoms with Gasteiger partial charge in [-0.25, -0.2) is 13.4 Å². The molecule has 0 atom stereocenters. The Morgan fingerprint density at radius 1 is 1.21 bits per heavy atom. The van der Waals surface area contributed by atoms with Crippen LogP contribution < -0.4 is 10.0 Å². The number of rotatable bonds is 7. The van der Waals surface area contributed by atoms with E-state index in [-0.39, 0.29) is 11.7 Å². The molecule has 0 aliphatic carbocycles. The highest BCUT2D eigenvalue weighted by atomic mass is 32.2. The number of amides is 1. The van der Waals surface area contributed by atoms with Gasteiger partial charge in [0.25, 0.3) is 5.91 Å². The van der Waals surface area contributed by atoms with Crippen molar-refractivity contribution in [2.24, 2.45) is 0 Å². The predicted octanol–water partition coefficient (Wildman–Crippen LogP) is 3.92. The summed E-state index contributed by atoms with van der Waals surface area (Å²) in [6.07, 6.45) is 5.51. The summed E-state index contributed by atoms with van der Waals surface area (Å²) < 4.78 is 28.0. The Kier molecular flexibility index (Phi) is 6.29. The van der Waals surface area contributed by atoms with Crippen LogP contribution in [0.5, 0.6) is 0 Å². The smallest absolute Gasteiger partial charge is 0.255 e. The summed E-state index contributed by atoms with van der Waals surface area (Å²) in [5.41, 5.74) is 3.16. The quantitative estimate of drug-likeness (QED) is 0.554. The Morgan fingerprint density at radius 3 is 2.69 bits per heavy atom. The summed E-state index contributed by atoms with van der Waals surface area (Å²) in [6, 6.07) is 12.3. The van der Waals surface area contributed by atoms with E-state index in [1.54, 1.807) is 50.4 Å². The Hall–Kier alpha value is -2.78. The van der Waals surface area contributed by atoms with E-state index in [9.17, 15) is 13.2 Å². The van der Waals surface area contributed by atoms with E-state index in [4.69, 9.17) is 0 Å². The molecule has 29 heavy (non-hydrogen) atoms. The molecule has 0 bridgehead atoms. The Balaban J connectivity index is 1.79. The van der Waals surface area contributed by atoms with Crippen LogP contribution in [0.1, 0.15) is 22.8 Å². The number of nitrogens with one attached hydrogen (secondary N) is 2. The van der Waals surface area contributed by atoms with Gasteiger partial charge in [0.1, 0.15) is 0 Å². The molecule has 0 aliphatic heterocycles. The first-order valence-electron chi connectivity index (χ1n) is 8.93. The first kappa shape index (κ1) is 20.9. The number of aromatic nitrogens is 2. The van der Waals surface area contributed by atoms with Crippen LogP contribution in [-0.2, 0) is 10.0 Å². The van der Waals surface area contributed by atoms with Gasteiger partial charge in [-0.3, -0.25) is 14.1 Å². The number of imidazole rings is 1. The minimum absolute atomic E-state index is 0.00354. The number of carbonyl (C=O) groups is 1. The Labute approximate surface area is 174 Å². The average Bonchev–Trinajstić information content (AvgIpc) is 3.19. The molecular weight excluding hydrogens is 408 g/mol. The van der Waals surface area contributed by atoms with Crippen LogP contribution in [0, 0.1) is 6.92 Å². The van der Waals surface area contributed by atoms with Gasteiger partial charge in [-0.2, -0.15) is 0 Å². The molecule has 0 saturated heterocycles. The number of hydrogen-bond donors (Lipinski definition) is 2. The van der Waals surface area contributed by atoms with E-state index in [0.717, 1.165) is 16.4 Å². The lowest BCUT2D eigenvalue weighted by Gasteiger charge is -2.12. The second-order valence-electron chi connectivity index (χ2n) is 6.32. The summed E-state index contributed by atoms with van der Waals surface area (Å²) in [7, 11) is -3.35. The van der Waals surface area contributed by atoms with Gasteiger partial charge in [0.15, 0.2) is 5.16 Å². The van der Waals surface area contributed by atoms with Crippen molar-refractivity contribution in [1.29, 1.82) is 0 Å². The second-order valence-corrected chi connectivity index (χ2v) is 9.11. The molecule has 152 valence electrons. The van der Waals surface area contributed by atoms with Crippen molar-refractivity contribution in [3.8, 4) is 5.69 Å². The number of thioether (sulfide) groups is 1. The fourth-order valence-electron chi connectivity index (χ4n) is 2.73. The molecule has 0 spiro atoms. The Bertz CT molecular complexity index is 1140. The number of benzene rings is 2. The molecule has 0 aliphatic rings. The van der Waals surface area contributed by atoms with Crippen LogP contribution >= 0.6 is 11.8 Å². The minimum atomic E-state index is -3.35. The lowest BCUT2D eigenvalue weighted by atomic mass is 10.1. The fraction of sp³-hybridized carbons (Fsp3) is 0.200. The van der Waals surface area contributed by atoms with Crippen LogP contribution in [0.15, 0.2) is 60.0 Å². The third-order valence-electron chi connectivity index (χ3n) is 4.31. The van der Waals surface area contributed by atoms with Crippen LogP contribution in [0.3, 0.4) is 0 Å². The highest BCUT2D eigenvalue weighted by Crippen LogP contribution is 2.22. The van der Waals surface area contributed by atoms with Gasteiger partial charge in [0.05, 0.1) is 11.4 Å². The molecular formula is C20H22N4O3S2. The van der Waals surface area contributed by atoms with E-state index >= 15 is 0 Å². The second kappa shape index (κ2) is 8.71. The molecule has 0 saturated carbocycles. The molecule has 3 rings (SSSR count). The normalized spacial score (nSPS) is 11.3. The van der Waals surface area contributed by atoms with Crippen molar-refractivity contribution in [3.05, 3.63) is 66.0 Å². The lowest BCUT2D eigenvalue weighted by molar-refractivity contribution is 0.102. The number of sulfonamides is 1. The first-order valence-corrected chi connectivity index (χ1v) is 11.8. The molecule has 9 heteroatoms. The highest BCUT2D eigenvalue weighted by Gasteiger charge is 2.12. The average molecular weight is 431 g/mol.